The molecule has 2 nitrogen and oxygen atoms in total. The van der Waals surface area contributed by atoms with Gasteiger partial charge >= 0.3 is 0 Å². The molecule has 0 aliphatic carbocycles. The van der Waals surface area contributed by atoms with Crippen molar-refractivity contribution in [1.29, 1.82) is 0 Å². The average molecular weight is 102 g/mol. The number of allylic oxidation sites excluding steroid dienone is 1. The summed E-state index contributed by atoms with van der Waals surface area (Å²) in [6.45, 7) is 6.81. The van der Waals surface area contributed by atoms with E-state index in [0.29, 0.717) is 0 Å². The third kappa shape index (κ3) is 5.66. The van der Waals surface area contributed by atoms with Crippen molar-refractivity contribution < 1.29 is 9.78 Å². The molecule has 0 atom stereocenters. The summed E-state index contributed by atoms with van der Waals surface area (Å²) in [4.78, 5) is 8.44. The van der Waals surface area contributed by atoms with Gasteiger partial charge in [0.25, 0.3) is 0 Å². The minimum Gasteiger partial charge on any atom is -0.234 e. The predicted octanol–water partition coefficient (Wildman–Crippen LogP) is 1.14. The zero-order valence-electron chi connectivity index (χ0n) is 4.52. The molecule has 42 valence electrons. The SMILES string of the molecule is C1COO1.C=CC. The Kier molecular flexibility index (Phi) is 5.39. The van der Waals surface area contributed by atoms with Gasteiger partial charge in [0.2, 0.25) is 0 Å². The Morgan fingerprint density at radius 3 is 1.57 bits per heavy atom. The molecule has 2 heteroatoms. The van der Waals surface area contributed by atoms with Gasteiger partial charge in [-0.15, -0.1) is 6.58 Å². The lowest BCUT2D eigenvalue weighted by atomic mass is 10.8. The maximum absolute atomic E-state index is 4.22. The summed E-state index contributed by atoms with van der Waals surface area (Å²) < 4.78 is 0. The Bertz CT molecular complexity index is 35.3. The van der Waals surface area contributed by atoms with Gasteiger partial charge in [0.05, 0.1) is 0 Å². The van der Waals surface area contributed by atoms with Crippen molar-refractivity contribution in [1.82, 2.24) is 0 Å². The van der Waals surface area contributed by atoms with Crippen LogP contribution in [0.4, 0.5) is 0 Å². The number of hydrogen-bond donors (Lipinski definition) is 0. The first kappa shape index (κ1) is 6.66. The lowest BCUT2D eigenvalue weighted by Gasteiger charge is -2.08. The third-order valence-electron chi connectivity index (χ3n) is 0.333. The van der Waals surface area contributed by atoms with Gasteiger partial charge in [-0.1, -0.05) is 6.08 Å². The van der Waals surface area contributed by atoms with E-state index in [9.17, 15) is 0 Å². The fourth-order valence-corrected chi connectivity index (χ4v) is 0.0833. The maximum atomic E-state index is 4.22. The molecule has 1 aliphatic rings. The van der Waals surface area contributed by atoms with Crippen molar-refractivity contribution in [3.05, 3.63) is 12.7 Å². The minimum atomic E-state index is 0.778. The maximum Gasteiger partial charge on any atom is 0.109 e. The summed E-state index contributed by atoms with van der Waals surface area (Å²) >= 11 is 0. The van der Waals surface area contributed by atoms with Crippen LogP contribution in [0.2, 0.25) is 0 Å². The van der Waals surface area contributed by atoms with Crippen LogP contribution in [-0.2, 0) is 9.78 Å². The number of hydrogen-bond acceptors (Lipinski definition) is 2. The van der Waals surface area contributed by atoms with Crippen LogP contribution in [0.15, 0.2) is 12.7 Å². The van der Waals surface area contributed by atoms with Gasteiger partial charge in [-0.2, -0.15) is 0 Å². The summed E-state index contributed by atoms with van der Waals surface area (Å²) in [6, 6.07) is 0. The summed E-state index contributed by atoms with van der Waals surface area (Å²) in [7, 11) is 0. The van der Waals surface area contributed by atoms with Gasteiger partial charge in [-0.05, 0) is 6.92 Å². The zero-order valence-corrected chi connectivity index (χ0v) is 4.52. The highest BCUT2D eigenvalue weighted by molar-refractivity contribution is 4.51. The number of rotatable bonds is 0. The molecule has 0 radical (unpaired) electrons. The first-order valence-corrected chi connectivity index (χ1v) is 2.23. The van der Waals surface area contributed by atoms with Crippen LogP contribution in [0, 0.1) is 0 Å². The molecule has 0 N–H and O–H groups in total. The van der Waals surface area contributed by atoms with Gasteiger partial charge in [0, 0.05) is 0 Å². The topological polar surface area (TPSA) is 18.5 Å². The summed E-state index contributed by atoms with van der Waals surface area (Å²) in [5, 5.41) is 0. The molecule has 1 heterocycles. The Balaban J connectivity index is 0.000000110. The normalized spacial score (nSPS) is 15.6. The van der Waals surface area contributed by atoms with E-state index in [1.54, 1.807) is 6.08 Å². The fraction of sp³-hybridized carbons (Fsp3) is 0.600. The highest BCUT2D eigenvalue weighted by Gasteiger charge is 1.95. The molecule has 1 rings (SSSR count). The van der Waals surface area contributed by atoms with Gasteiger partial charge in [-0.25, -0.2) is 9.78 Å². The molecule has 1 saturated heterocycles. The molecule has 1 fully saturated rings. The Hall–Kier alpha value is -0.340. The molecule has 0 amide bonds. The minimum absolute atomic E-state index is 0.778. The van der Waals surface area contributed by atoms with E-state index in [1.165, 1.54) is 0 Å². The molecule has 1 aliphatic heterocycles. The highest BCUT2D eigenvalue weighted by Crippen LogP contribution is 1.87. The first-order valence-electron chi connectivity index (χ1n) is 2.23. The average Bonchev–Trinajstić information content (AvgIpc) is 1.27. The van der Waals surface area contributed by atoms with Crippen molar-refractivity contribution in [3.63, 3.8) is 0 Å². The van der Waals surface area contributed by atoms with Crippen molar-refractivity contribution in [3.8, 4) is 0 Å². The standard InChI is InChI=1S/C3H6.C2H4O2/c1-3-2;1-2-4-3-1/h3H,1H2,2H3;1-2H2. The lowest BCUT2D eigenvalue weighted by molar-refractivity contribution is -0.382. The molecule has 0 spiro atoms. The van der Waals surface area contributed by atoms with E-state index in [4.69, 9.17) is 0 Å². The van der Waals surface area contributed by atoms with Crippen LogP contribution in [0.25, 0.3) is 0 Å². The lowest BCUT2D eigenvalue weighted by Crippen LogP contribution is -2.14. The second kappa shape index (κ2) is 5.66. The Morgan fingerprint density at radius 1 is 1.43 bits per heavy atom. The summed E-state index contributed by atoms with van der Waals surface area (Å²) in [5.41, 5.74) is 0. The van der Waals surface area contributed by atoms with Gasteiger partial charge in [-0.3, -0.25) is 0 Å². The second-order valence-electron chi connectivity index (χ2n) is 1.05. The van der Waals surface area contributed by atoms with Gasteiger partial charge in [0.1, 0.15) is 13.2 Å². The molecule has 0 bridgehead atoms. The molecule has 0 unspecified atom stereocenters. The van der Waals surface area contributed by atoms with E-state index >= 15 is 0 Å². The zero-order chi connectivity index (χ0) is 5.54. The van der Waals surface area contributed by atoms with Crippen molar-refractivity contribution >= 4 is 0 Å². The quantitative estimate of drug-likeness (QED) is 0.337. The van der Waals surface area contributed by atoms with Gasteiger partial charge < -0.3 is 0 Å². The van der Waals surface area contributed by atoms with Crippen LogP contribution in [0.5, 0.6) is 0 Å². The molecular weight excluding hydrogens is 92.1 g/mol. The van der Waals surface area contributed by atoms with Crippen molar-refractivity contribution in [2.24, 2.45) is 0 Å². The van der Waals surface area contributed by atoms with E-state index in [1.807, 2.05) is 6.92 Å². The van der Waals surface area contributed by atoms with Crippen LogP contribution in [0.3, 0.4) is 0 Å². The monoisotopic (exact) mass is 102 g/mol. The van der Waals surface area contributed by atoms with Crippen LogP contribution in [-0.4, -0.2) is 13.2 Å². The summed E-state index contributed by atoms with van der Waals surface area (Å²) in [6.07, 6.45) is 1.75. The molecule has 0 saturated carbocycles. The largest absolute Gasteiger partial charge is 0.234 e. The van der Waals surface area contributed by atoms with E-state index in [-0.39, 0.29) is 0 Å². The van der Waals surface area contributed by atoms with Crippen LogP contribution >= 0.6 is 0 Å². The highest BCUT2D eigenvalue weighted by atomic mass is 17.2. The smallest absolute Gasteiger partial charge is 0.109 e. The van der Waals surface area contributed by atoms with E-state index in [2.05, 4.69) is 16.4 Å². The van der Waals surface area contributed by atoms with Crippen LogP contribution in [0.1, 0.15) is 6.92 Å². The molecule has 0 aromatic carbocycles. The second-order valence-corrected chi connectivity index (χ2v) is 1.05. The van der Waals surface area contributed by atoms with Gasteiger partial charge in [0.15, 0.2) is 0 Å². The van der Waals surface area contributed by atoms with Crippen LogP contribution < -0.4 is 0 Å². The Labute approximate surface area is 43.7 Å². The fourth-order valence-electron chi connectivity index (χ4n) is 0.0833. The van der Waals surface area contributed by atoms with Crippen molar-refractivity contribution in [2.75, 3.05) is 13.2 Å². The van der Waals surface area contributed by atoms with E-state index < -0.39 is 0 Å². The molecule has 0 aromatic heterocycles. The molecular formula is C5H10O2. The first-order chi connectivity index (χ1) is 3.41. The Morgan fingerprint density at radius 2 is 1.57 bits per heavy atom. The van der Waals surface area contributed by atoms with Crippen molar-refractivity contribution in [2.45, 2.75) is 6.92 Å². The van der Waals surface area contributed by atoms with E-state index in [0.717, 1.165) is 13.2 Å². The molecule has 0 aromatic rings. The molecule has 7 heavy (non-hydrogen) atoms. The third-order valence-corrected chi connectivity index (χ3v) is 0.333. The summed E-state index contributed by atoms with van der Waals surface area (Å²) in [5.74, 6) is 0. The predicted molar refractivity (Wildman–Crippen MR) is 27.8 cm³/mol.